The molecule has 1 aromatic heterocycles. The van der Waals surface area contributed by atoms with Crippen LogP contribution >= 0.6 is 11.6 Å². The summed E-state index contributed by atoms with van der Waals surface area (Å²) in [7, 11) is 2.88. The van der Waals surface area contributed by atoms with E-state index in [0.29, 0.717) is 55.1 Å². The number of hydrogen-bond donors (Lipinski definition) is 1. The Labute approximate surface area is 234 Å². The van der Waals surface area contributed by atoms with Gasteiger partial charge in [0.05, 0.1) is 12.0 Å². The van der Waals surface area contributed by atoms with E-state index in [2.05, 4.69) is 15.6 Å². The van der Waals surface area contributed by atoms with Crippen LogP contribution in [0.1, 0.15) is 54.2 Å². The Kier molecular flexibility index (Phi) is 8.22. The van der Waals surface area contributed by atoms with Gasteiger partial charge in [-0.15, -0.1) is 5.10 Å². The molecule has 2 fully saturated rings. The SMILES string of the molecule is CNC(=O)C1OCCC1C(=O)N1CCc2c(Cl)ccc(OCc3nnn(C)c3C(F)F)c2[C@H]1CN1CCCC1=O. The van der Waals surface area contributed by atoms with E-state index in [1.165, 1.54) is 14.1 Å². The first-order valence-corrected chi connectivity index (χ1v) is 13.6. The zero-order valence-electron chi connectivity index (χ0n) is 22.2. The Morgan fingerprint density at radius 2 is 2.08 bits per heavy atom. The van der Waals surface area contributed by atoms with Crippen molar-refractivity contribution >= 4 is 29.3 Å². The molecule has 3 amide bonds. The van der Waals surface area contributed by atoms with Crippen molar-refractivity contribution in [2.24, 2.45) is 13.0 Å². The van der Waals surface area contributed by atoms with Gasteiger partial charge in [0.2, 0.25) is 17.7 Å². The highest BCUT2D eigenvalue weighted by Gasteiger charge is 2.45. The van der Waals surface area contributed by atoms with Crippen molar-refractivity contribution in [3.05, 3.63) is 39.7 Å². The molecule has 1 N–H and O–H groups in total. The summed E-state index contributed by atoms with van der Waals surface area (Å²) in [6, 6.07) is 2.68. The fourth-order valence-corrected chi connectivity index (χ4v) is 6.10. The van der Waals surface area contributed by atoms with Crippen molar-refractivity contribution in [1.82, 2.24) is 30.1 Å². The fraction of sp³-hybridized carbons (Fsp3) is 0.577. The molecule has 0 spiro atoms. The molecule has 4 heterocycles. The highest BCUT2D eigenvalue weighted by Crippen LogP contribution is 2.42. The van der Waals surface area contributed by atoms with Crippen LogP contribution in [0.2, 0.25) is 5.02 Å². The topological polar surface area (TPSA) is 119 Å². The summed E-state index contributed by atoms with van der Waals surface area (Å²) in [5, 5.41) is 10.6. The lowest BCUT2D eigenvalue weighted by Crippen LogP contribution is -2.50. The number of amides is 3. The molecule has 1 aromatic carbocycles. The molecule has 216 valence electrons. The lowest BCUT2D eigenvalue weighted by atomic mass is 9.88. The van der Waals surface area contributed by atoms with E-state index in [-0.39, 0.29) is 48.9 Å². The number of fused-ring (bicyclic) bond motifs is 1. The molecule has 3 aliphatic heterocycles. The molecule has 0 radical (unpaired) electrons. The number of carbonyl (C=O) groups excluding carboxylic acids is 3. The molecule has 2 aromatic rings. The maximum absolute atomic E-state index is 14.0. The largest absolute Gasteiger partial charge is 0.487 e. The van der Waals surface area contributed by atoms with Crippen LogP contribution in [0.5, 0.6) is 5.75 Å². The van der Waals surface area contributed by atoms with E-state index in [9.17, 15) is 23.2 Å². The highest BCUT2D eigenvalue weighted by atomic mass is 35.5. The molecule has 5 rings (SSSR count). The molecule has 0 bridgehead atoms. The summed E-state index contributed by atoms with van der Waals surface area (Å²) < 4.78 is 39.9. The van der Waals surface area contributed by atoms with E-state index in [1.807, 2.05) is 0 Å². The number of rotatable bonds is 8. The fourth-order valence-electron chi connectivity index (χ4n) is 5.84. The number of aromatic nitrogens is 3. The average molecular weight is 581 g/mol. The first-order valence-electron chi connectivity index (χ1n) is 13.2. The summed E-state index contributed by atoms with van der Waals surface area (Å²) in [4.78, 5) is 42.5. The minimum absolute atomic E-state index is 0.00673. The third-order valence-electron chi connectivity index (χ3n) is 7.85. The molecule has 11 nitrogen and oxygen atoms in total. The van der Waals surface area contributed by atoms with Crippen LogP contribution < -0.4 is 10.1 Å². The van der Waals surface area contributed by atoms with Crippen molar-refractivity contribution in [3.63, 3.8) is 0 Å². The van der Waals surface area contributed by atoms with Gasteiger partial charge in [0.15, 0.2) is 0 Å². The predicted molar refractivity (Wildman–Crippen MR) is 138 cm³/mol. The summed E-state index contributed by atoms with van der Waals surface area (Å²) in [6.45, 7) is 1.07. The number of alkyl halides is 2. The maximum Gasteiger partial charge on any atom is 0.282 e. The first-order chi connectivity index (χ1) is 19.2. The lowest BCUT2D eigenvalue weighted by molar-refractivity contribution is -0.146. The third-order valence-corrected chi connectivity index (χ3v) is 8.20. The number of nitrogens with one attached hydrogen (secondary N) is 1. The summed E-state index contributed by atoms with van der Waals surface area (Å²) in [5.74, 6) is -0.976. The van der Waals surface area contributed by atoms with Crippen molar-refractivity contribution < 1.29 is 32.6 Å². The van der Waals surface area contributed by atoms with Gasteiger partial charge < -0.3 is 24.6 Å². The van der Waals surface area contributed by atoms with Gasteiger partial charge in [-0.3, -0.25) is 14.4 Å². The van der Waals surface area contributed by atoms with Crippen molar-refractivity contribution in [1.29, 1.82) is 0 Å². The van der Waals surface area contributed by atoms with Gasteiger partial charge in [0.1, 0.15) is 29.8 Å². The Hall–Kier alpha value is -3.32. The smallest absolute Gasteiger partial charge is 0.282 e. The molecule has 3 aliphatic rings. The molecule has 2 saturated heterocycles. The first kappa shape index (κ1) is 28.2. The average Bonchev–Trinajstić information content (AvgIpc) is 3.68. The molecular formula is C26H31ClF2N6O5. The number of carbonyl (C=O) groups is 3. The summed E-state index contributed by atoms with van der Waals surface area (Å²) >= 11 is 6.61. The second-order valence-corrected chi connectivity index (χ2v) is 10.5. The number of likely N-dealkylation sites (tertiary alicyclic amines) is 1. The Morgan fingerprint density at radius 1 is 1.27 bits per heavy atom. The summed E-state index contributed by atoms with van der Waals surface area (Å²) in [6.07, 6.45) is -1.77. The van der Waals surface area contributed by atoms with E-state index in [4.69, 9.17) is 21.1 Å². The van der Waals surface area contributed by atoms with Gasteiger partial charge in [-0.2, -0.15) is 0 Å². The Morgan fingerprint density at radius 3 is 2.77 bits per heavy atom. The second-order valence-electron chi connectivity index (χ2n) is 10.1. The minimum Gasteiger partial charge on any atom is -0.487 e. The van der Waals surface area contributed by atoms with Crippen LogP contribution in [-0.4, -0.2) is 81.9 Å². The monoisotopic (exact) mass is 580 g/mol. The number of likely N-dealkylation sites (N-methyl/N-ethyl adjacent to an activating group) is 1. The van der Waals surface area contributed by atoms with Crippen LogP contribution in [0.25, 0.3) is 0 Å². The van der Waals surface area contributed by atoms with Crippen molar-refractivity contribution in [2.45, 2.75) is 50.9 Å². The van der Waals surface area contributed by atoms with Gasteiger partial charge in [0.25, 0.3) is 6.43 Å². The minimum atomic E-state index is -2.79. The van der Waals surface area contributed by atoms with Gasteiger partial charge in [0, 0.05) is 57.3 Å². The Bertz CT molecular complexity index is 1310. The van der Waals surface area contributed by atoms with Crippen molar-refractivity contribution in [3.8, 4) is 5.75 Å². The molecule has 3 atom stereocenters. The molecule has 14 heteroatoms. The summed E-state index contributed by atoms with van der Waals surface area (Å²) in [5.41, 5.74) is 1.02. The van der Waals surface area contributed by atoms with Crippen LogP contribution in [0.15, 0.2) is 12.1 Å². The zero-order chi connectivity index (χ0) is 28.6. The van der Waals surface area contributed by atoms with Gasteiger partial charge in [-0.1, -0.05) is 16.8 Å². The molecule has 2 unspecified atom stereocenters. The number of ether oxygens (including phenoxy) is 2. The second kappa shape index (κ2) is 11.7. The number of benzene rings is 1. The number of hydrogen-bond acceptors (Lipinski definition) is 7. The van der Waals surface area contributed by atoms with Gasteiger partial charge in [-0.05, 0) is 37.0 Å². The maximum atomic E-state index is 14.0. The van der Waals surface area contributed by atoms with E-state index < -0.39 is 24.5 Å². The predicted octanol–water partition coefficient (Wildman–Crippen LogP) is 2.18. The molecular weight excluding hydrogens is 550 g/mol. The molecule has 0 aliphatic carbocycles. The van der Waals surface area contributed by atoms with E-state index >= 15 is 0 Å². The van der Waals surface area contributed by atoms with E-state index in [0.717, 1.165) is 10.2 Å². The lowest BCUT2D eigenvalue weighted by Gasteiger charge is -2.41. The van der Waals surface area contributed by atoms with Gasteiger partial charge in [-0.25, -0.2) is 13.5 Å². The van der Waals surface area contributed by atoms with Crippen LogP contribution in [0.4, 0.5) is 8.78 Å². The number of nitrogens with zero attached hydrogens (tertiary/aromatic N) is 5. The third kappa shape index (κ3) is 5.24. The number of halogens is 3. The van der Waals surface area contributed by atoms with Crippen LogP contribution in [0, 0.1) is 5.92 Å². The normalized spacial score (nSPS) is 22.6. The van der Waals surface area contributed by atoms with Gasteiger partial charge >= 0.3 is 0 Å². The number of aryl methyl sites for hydroxylation is 1. The van der Waals surface area contributed by atoms with Crippen LogP contribution in [-0.2, 0) is 39.2 Å². The highest BCUT2D eigenvalue weighted by molar-refractivity contribution is 6.31. The molecule has 40 heavy (non-hydrogen) atoms. The van der Waals surface area contributed by atoms with Crippen LogP contribution in [0.3, 0.4) is 0 Å². The standard InChI is InChI=1S/C26H31ClF2N6O5/c1-30-25(37)23-15(8-11-39-23)26(38)35-10-7-14-16(27)5-6-19(21(14)18(35)12-34-9-3-4-20(34)36)40-13-17-22(24(28)29)33(2)32-31-17/h5-6,15,18,23-24H,3-4,7-13H2,1-2H3,(H,30,37)/t15?,18-,23?/m1/s1. The molecule has 0 saturated carbocycles. The quantitative estimate of drug-likeness (QED) is 0.508. The zero-order valence-corrected chi connectivity index (χ0v) is 23.0. The Balaban J connectivity index is 1.51. The van der Waals surface area contributed by atoms with Crippen molar-refractivity contribution in [2.75, 3.05) is 33.3 Å². The van der Waals surface area contributed by atoms with E-state index in [1.54, 1.807) is 21.9 Å².